The van der Waals surface area contributed by atoms with E-state index in [0.29, 0.717) is 32.1 Å². The first kappa shape index (κ1) is 19.2. The molecule has 2 aromatic carbocycles. The van der Waals surface area contributed by atoms with Crippen molar-refractivity contribution in [2.45, 2.75) is 17.7 Å². The molecule has 0 fully saturated rings. The Morgan fingerprint density at radius 1 is 1.26 bits per heavy atom. The van der Waals surface area contributed by atoms with E-state index in [4.69, 9.17) is 21.7 Å². The Bertz CT molecular complexity index is 1080. The quantitative estimate of drug-likeness (QED) is 0.358. The summed E-state index contributed by atoms with van der Waals surface area (Å²) in [6.45, 7) is 2.02. The minimum Gasteiger partial charge on any atom is -0.462 e. The molecule has 0 aliphatic carbocycles. The summed E-state index contributed by atoms with van der Waals surface area (Å²) in [5.41, 5.74) is 1.24. The Kier molecular flexibility index (Phi) is 5.98. The van der Waals surface area contributed by atoms with E-state index in [-0.39, 0.29) is 17.7 Å². The molecule has 0 saturated heterocycles. The lowest BCUT2D eigenvalue weighted by Gasteiger charge is -2.11. The average Bonchev–Trinajstić information content (AvgIpc) is 2.67. The highest BCUT2D eigenvalue weighted by atomic mass is 35.5. The van der Waals surface area contributed by atoms with Gasteiger partial charge in [-0.3, -0.25) is 4.79 Å². The van der Waals surface area contributed by atoms with Gasteiger partial charge >= 0.3 is 5.97 Å². The first-order chi connectivity index (χ1) is 13.0. The monoisotopic (exact) mass is 400 g/mol. The number of carbonyl (C=O) groups is 1. The summed E-state index contributed by atoms with van der Waals surface area (Å²) in [5.74, 6) is 0.127. The predicted molar refractivity (Wildman–Crippen MR) is 109 cm³/mol. The summed E-state index contributed by atoms with van der Waals surface area (Å²) in [7, 11) is 0. The number of rotatable bonds is 6. The molecule has 1 aromatic heterocycles. The number of esters is 1. The lowest BCUT2D eigenvalue weighted by atomic mass is 10.1. The van der Waals surface area contributed by atoms with Crippen LogP contribution >= 0.6 is 23.4 Å². The van der Waals surface area contributed by atoms with Gasteiger partial charge in [-0.1, -0.05) is 35.9 Å². The van der Waals surface area contributed by atoms with Crippen molar-refractivity contribution in [3.63, 3.8) is 0 Å². The molecule has 0 spiro atoms. The highest BCUT2D eigenvalue weighted by Gasteiger charge is 2.14. The Morgan fingerprint density at radius 3 is 2.74 bits per heavy atom. The van der Waals surface area contributed by atoms with Crippen LogP contribution in [-0.2, 0) is 10.5 Å². The van der Waals surface area contributed by atoms with Crippen LogP contribution in [0.2, 0.25) is 5.02 Å². The van der Waals surface area contributed by atoms with Crippen LogP contribution in [0.4, 0.5) is 0 Å². The number of thioether (sulfide) groups is 1. The molecule has 0 radical (unpaired) electrons. The van der Waals surface area contributed by atoms with Gasteiger partial charge in [0.1, 0.15) is 0 Å². The highest BCUT2D eigenvalue weighted by molar-refractivity contribution is 7.98. The van der Waals surface area contributed by atoms with Crippen LogP contribution < -0.4 is 5.56 Å². The number of nitrogens with one attached hydrogen (secondary N) is 2. The largest absolute Gasteiger partial charge is 0.462 e. The SMILES string of the molecule is CCOC(=O)c1ccc2c(C=N)c(=O)[nH]c(SCc3ccccc3Cl)c2c1. The zero-order chi connectivity index (χ0) is 19.4. The zero-order valence-corrected chi connectivity index (χ0v) is 16.1. The molecule has 0 aliphatic rings. The standard InChI is InChI=1S/C20H17ClN2O3S/c1-2-26-20(25)12-7-8-14-15(9-12)19(23-18(24)16(14)10-22)27-11-13-5-3-4-6-17(13)21/h3-10,22H,2,11H2,1H3,(H,23,24). The Labute approximate surface area is 165 Å². The number of hydrogen-bond acceptors (Lipinski definition) is 5. The van der Waals surface area contributed by atoms with Gasteiger partial charge < -0.3 is 15.1 Å². The van der Waals surface area contributed by atoms with E-state index in [9.17, 15) is 9.59 Å². The van der Waals surface area contributed by atoms with Crippen LogP contribution in [0.3, 0.4) is 0 Å². The molecule has 3 rings (SSSR count). The van der Waals surface area contributed by atoms with E-state index in [1.165, 1.54) is 11.8 Å². The third kappa shape index (κ3) is 4.07. The van der Waals surface area contributed by atoms with Crippen molar-refractivity contribution < 1.29 is 9.53 Å². The summed E-state index contributed by atoms with van der Waals surface area (Å²) in [5, 5.41) is 10.1. The number of carbonyl (C=O) groups excluding carboxylic acids is 1. The minimum absolute atomic E-state index is 0.252. The highest BCUT2D eigenvalue weighted by Crippen LogP contribution is 2.31. The summed E-state index contributed by atoms with van der Waals surface area (Å²) < 4.78 is 5.06. The van der Waals surface area contributed by atoms with Crippen LogP contribution in [0.1, 0.15) is 28.4 Å². The normalized spacial score (nSPS) is 10.7. The van der Waals surface area contributed by atoms with E-state index in [1.807, 2.05) is 24.3 Å². The molecule has 7 heteroatoms. The molecule has 3 aromatic rings. The number of fused-ring (bicyclic) bond motifs is 1. The number of aromatic nitrogens is 1. The summed E-state index contributed by atoms with van der Waals surface area (Å²) in [6, 6.07) is 12.5. The molecular formula is C20H17ClN2O3S. The van der Waals surface area contributed by atoms with E-state index >= 15 is 0 Å². The minimum atomic E-state index is -0.427. The van der Waals surface area contributed by atoms with E-state index in [1.54, 1.807) is 25.1 Å². The molecule has 2 N–H and O–H groups in total. The van der Waals surface area contributed by atoms with Gasteiger partial charge in [-0.15, -0.1) is 11.8 Å². The molecular weight excluding hydrogens is 384 g/mol. The Hall–Kier alpha value is -2.57. The molecule has 5 nitrogen and oxygen atoms in total. The van der Waals surface area contributed by atoms with Crippen molar-refractivity contribution >= 4 is 46.3 Å². The fraction of sp³-hybridized carbons (Fsp3) is 0.150. The fourth-order valence-electron chi connectivity index (χ4n) is 2.69. The van der Waals surface area contributed by atoms with Gasteiger partial charge in [-0.25, -0.2) is 4.79 Å². The zero-order valence-electron chi connectivity index (χ0n) is 14.5. The second kappa shape index (κ2) is 8.41. The number of halogens is 1. The maximum absolute atomic E-state index is 12.3. The van der Waals surface area contributed by atoms with Gasteiger partial charge in [0.15, 0.2) is 0 Å². The summed E-state index contributed by atoms with van der Waals surface area (Å²) in [6.07, 6.45) is 1.02. The Balaban J connectivity index is 2.08. The van der Waals surface area contributed by atoms with Crippen molar-refractivity contribution in [3.05, 3.63) is 74.5 Å². The van der Waals surface area contributed by atoms with Crippen molar-refractivity contribution in [2.24, 2.45) is 0 Å². The van der Waals surface area contributed by atoms with Crippen molar-refractivity contribution in [1.29, 1.82) is 5.41 Å². The Morgan fingerprint density at radius 2 is 2.04 bits per heavy atom. The van der Waals surface area contributed by atoms with Crippen molar-refractivity contribution in [3.8, 4) is 0 Å². The molecule has 138 valence electrons. The van der Waals surface area contributed by atoms with Gasteiger partial charge in [0.2, 0.25) is 0 Å². The van der Waals surface area contributed by atoms with Crippen LogP contribution in [-0.4, -0.2) is 23.8 Å². The molecule has 0 bridgehead atoms. The first-order valence-electron chi connectivity index (χ1n) is 8.29. The average molecular weight is 401 g/mol. The second-order valence-corrected chi connectivity index (χ2v) is 7.09. The number of ether oxygens (including phenoxy) is 1. The lowest BCUT2D eigenvalue weighted by molar-refractivity contribution is 0.0526. The van der Waals surface area contributed by atoms with E-state index in [2.05, 4.69) is 4.98 Å². The van der Waals surface area contributed by atoms with E-state index < -0.39 is 5.97 Å². The fourth-order valence-corrected chi connectivity index (χ4v) is 4.01. The predicted octanol–water partition coefficient (Wildman–Crippen LogP) is 4.65. The van der Waals surface area contributed by atoms with E-state index in [0.717, 1.165) is 11.8 Å². The van der Waals surface area contributed by atoms with Crippen LogP contribution in [0, 0.1) is 5.41 Å². The van der Waals surface area contributed by atoms with Crippen LogP contribution in [0.15, 0.2) is 52.3 Å². The van der Waals surface area contributed by atoms with Gasteiger partial charge in [0, 0.05) is 22.4 Å². The third-order valence-electron chi connectivity index (χ3n) is 4.01. The number of H-pyrrole nitrogens is 1. The van der Waals surface area contributed by atoms with Gasteiger partial charge in [0.25, 0.3) is 5.56 Å². The smallest absolute Gasteiger partial charge is 0.338 e. The number of benzene rings is 2. The molecule has 0 aliphatic heterocycles. The van der Waals surface area contributed by atoms with Crippen molar-refractivity contribution in [1.82, 2.24) is 4.98 Å². The maximum Gasteiger partial charge on any atom is 0.338 e. The third-order valence-corrected chi connectivity index (χ3v) is 5.45. The number of aromatic amines is 1. The molecule has 1 heterocycles. The summed E-state index contributed by atoms with van der Waals surface area (Å²) in [4.78, 5) is 27.2. The first-order valence-corrected chi connectivity index (χ1v) is 9.65. The number of hydrogen-bond donors (Lipinski definition) is 2. The lowest BCUT2D eigenvalue weighted by Crippen LogP contribution is -2.14. The number of pyridine rings is 1. The maximum atomic E-state index is 12.3. The van der Waals surface area contributed by atoms with Gasteiger partial charge in [0.05, 0.1) is 22.8 Å². The van der Waals surface area contributed by atoms with Crippen LogP contribution in [0.5, 0.6) is 0 Å². The van der Waals surface area contributed by atoms with Crippen LogP contribution in [0.25, 0.3) is 10.8 Å². The molecule has 0 atom stereocenters. The molecule has 0 amide bonds. The molecule has 0 saturated carbocycles. The van der Waals surface area contributed by atoms with Gasteiger partial charge in [-0.2, -0.15) is 0 Å². The molecule has 27 heavy (non-hydrogen) atoms. The topological polar surface area (TPSA) is 83.0 Å². The second-order valence-electron chi connectivity index (χ2n) is 5.70. The molecule has 0 unspecified atom stereocenters. The van der Waals surface area contributed by atoms with Crippen molar-refractivity contribution in [2.75, 3.05) is 6.61 Å². The van der Waals surface area contributed by atoms with Gasteiger partial charge in [-0.05, 0) is 36.1 Å². The summed E-state index contributed by atoms with van der Waals surface area (Å²) >= 11 is 7.63.